The molecule has 18 heavy (non-hydrogen) atoms. The van der Waals surface area contributed by atoms with E-state index in [4.69, 9.17) is 4.74 Å². The lowest BCUT2D eigenvalue weighted by Crippen LogP contribution is -2.36. The normalized spacial score (nSPS) is 24.2. The molecule has 1 aromatic rings. The summed E-state index contributed by atoms with van der Waals surface area (Å²) in [6, 6.07) is 9.08. The maximum atomic E-state index is 5.82. The Morgan fingerprint density at radius 3 is 2.83 bits per heavy atom. The summed E-state index contributed by atoms with van der Waals surface area (Å²) in [5, 5.41) is 3.68. The Bertz CT molecular complexity index is 381. The van der Waals surface area contributed by atoms with Crippen LogP contribution in [0, 0.1) is 5.92 Å². The summed E-state index contributed by atoms with van der Waals surface area (Å²) < 4.78 is 5.82. The third-order valence-corrected chi connectivity index (χ3v) is 4.32. The van der Waals surface area contributed by atoms with Crippen LogP contribution < -0.4 is 5.32 Å². The number of hydrogen-bond donors (Lipinski definition) is 1. The number of nitrogens with one attached hydrogen (secondary N) is 1. The fourth-order valence-electron chi connectivity index (χ4n) is 2.41. The van der Waals surface area contributed by atoms with E-state index >= 15 is 0 Å². The molecule has 1 fully saturated rings. The van der Waals surface area contributed by atoms with Crippen LogP contribution in [-0.4, -0.2) is 25.0 Å². The average Bonchev–Trinajstić information content (AvgIpc) is 2.39. The van der Waals surface area contributed by atoms with Crippen molar-refractivity contribution >= 4 is 17.4 Å². The highest BCUT2D eigenvalue weighted by Crippen LogP contribution is 2.28. The van der Waals surface area contributed by atoms with Gasteiger partial charge < -0.3 is 10.1 Å². The second kappa shape index (κ2) is 6.48. The van der Waals surface area contributed by atoms with Gasteiger partial charge in [-0.25, -0.2) is 0 Å². The van der Waals surface area contributed by atoms with E-state index in [0.29, 0.717) is 18.1 Å². The molecule has 2 unspecified atom stereocenters. The molecule has 0 spiro atoms. The molecule has 1 aliphatic heterocycles. The van der Waals surface area contributed by atoms with Crippen molar-refractivity contribution in [2.24, 2.45) is 5.92 Å². The first kappa shape index (κ1) is 13.8. The first-order valence-corrected chi connectivity index (χ1v) is 7.94. The Morgan fingerprint density at radius 2 is 2.11 bits per heavy atom. The van der Waals surface area contributed by atoms with Gasteiger partial charge in [-0.1, -0.05) is 26.0 Å². The van der Waals surface area contributed by atoms with E-state index in [1.165, 1.54) is 10.6 Å². The van der Waals surface area contributed by atoms with Gasteiger partial charge in [0.1, 0.15) is 0 Å². The molecular formula is C15H23NOS. The van der Waals surface area contributed by atoms with E-state index in [2.05, 4.69) is 49.7 Å². The van der Waals surface area contributed by atoms with Crippen LogP contribution in [0.4, 0.5) is 5.69 Å². The molecule has 2 rings (SSSR count). The summed E-state index contributed by atoms with van der Waals surface area (Å²) in [5.41, 5.74) is 1.26. The fourth-order valence-corrected chi connectivity index (χ4v) is 2.97. The third-order valence-electron chi connectivity index (χ3n) is 3.53. The van der Waals surface area contributed by atoms with E-state index in [0.717, 1.165) is 19.4 Å². The molecule has 0 saturated carbocycles. The number of benzene rings is 1. The van der Waals surface area contributed by atoms with Crippen molar-refractivity contribution in [3.63, 3.8) is 0 Å². The molecule has 1 aliphatic rings. The molecule has 1 N–H and O–H groups in total. The minimum Gasteiger partial charge on any atom is -0.381 e. The van der Waals surface area contributed by atoms with Crippen LogP contribution in [0.5, 0.6) is 0 Å². The van der Waals surface area contributed by atoms with E-state index in [1.54, 1.807) is 11.8 Å². The molecule has 100 valence electrons. The SMILES string of the molecule is CSc1ccccc1NC1CCOC(C(C)C)C1. The first-order valence-electron chi connectivity index (χ1n) is 6.72. The Balaban J connectivity index is 2.00. The van der Waals surface area contributed by atoms with Gasteiger partial charge >= 0.3 is 0 Å². The molecule has 0 aromatic heterocycles. The van der Waals surface area contributed by atoms with Crippen molar-refractivity contribution in [2.45, 2.75) is 43.7 Å². The van der Waals surface area contributed by atoms with E-state index < -0.39 is 0 Å². The van der Waals surface area contributed by atoms with E-state index in [1.807, 2.05) is 0 Å². The number of ether oxygens (including phenoxy) is 1. The van der Waals surface area contributed by atoms with Gasteiger partial charge in [0.2, 0.25) is 0 Å². The number of thioether (sulfide) groups is 1. The highest BCUT2D eigenvalue weighted by molar-refractivity contribution is 7.98. The summed E-state index contributed by atoms with van der Waals surface area (Å²) in [4.78, 5) is 1.32. The van der Waals surface area contributed by atoms with Crippen LogP contribution in [-0.2, 0) is 4.74 Å². The van der Waals surface area contributed by atoms with Gasteiger partial charge in [0, 0.05) is 23.2 Å². The van der Waals surface area contributed by atoms with Crippen molar-refractivity contribution in [2.75, 3.05) is 18.2 Å². The second-order valence-electron chi connectivity index (χ2n) is 5.22. The predicted molar refractivity (Wildman–Crippen MR) is 79.4 cm³/mol. The number of anilines is 1. The number of rotatable bonds is 4. The Hall–Kier alpha value is -0.670. The molecule has 2 atom stereocenters. The summed E-state index contributed by atoms with van der Waals surface area (Å²) in [5.74, 6) is 0.602. The van der Waals surface area contributed by atoms with Gasteiger partial charge in [0.25, 0.3) is 0 Å². The van der Waals surface area contributed by atoms with Crippen LogP contribution in [0.25, 0.3) is 0 Å². The average molecular weight is 265 g/mol. The number of para-hydroxylation sites is 1. The number of hydrogen-bond acceptors (Lipinski definition) is 3. The molecule has 0 bridgehead atoms. The Labute approximate surface area is 114 Å². The fraction of sp³-hybridized carbons (Fsp3) is 0.600. The highest BCUT2D eigenvalue weighted by atomic mass is 32.2. The zero-order chi connectivity index (χ0) is 13.0. The maximum absolute atomic E-state index is 5.82. The van der Waals surface area contributed by atoms with E-state index in [9.17, 15) is 0 Å². The highest BCUT2D eigenvalue weighted by Gasteiger charge is 2.25. The summed E-state index contributed by atoms with van der Waals surface area (Å²) in [6.07, 6.45) is 4.74. The molecule has 0 amide bonds. The van der Waals surface area contributed by atoms with Crippen molar-refractivity contribution < 1.29 is 4.74 Å². The van der Waals surface area contributed by atoms with Gasteiger partial charge in [0.15, 0.2) is 0 Å². The van der Waals surface area contributed by atoms with Crippen molar-refractivity contribution in [3.05, 3.63) is 24.3 Å². The molecule has 0 radical (unpaired) electrons. The van der Waals surface area contributed by atoms with Gasteiger partial charge in [-0.2, -0.15) is 0 Å². The minimum atomic E-state index is 0.401. The first-order chi connectivity index (χ1) is 8.70. The summed E-state index contributed by atoms with van der Waals surface area (Å²) >= 11 is 1.80. The van der Waals surface area contributed by atoms with Gasteiger partial charge in [-0.05, 0) is 37.1 Å². The lowest BCUT2D eigenvalue weighted by molar-refractivity contribution is -0.0161. The Morgan fingerprint density at radius 1 is 1.33 bits per heavy atom. The van der Waals surface area contributed by atoms with Crippen LogP contribution >= 0.6 is 11.8 Å². The molecular weight excluding hydrogens is 242 g/mol. The smallest absolute Gasteiger partial charge is 0.0617 e. The molecule has 1 heterocycles. The van der Waals surface area contributed by atoms with Crippen LogP contribution in [0.3, 0.4) is 0 Å². The monoisotopic (exact) mass is 265 g/mol. The van der Waals surface area contributed by atoms with Crippen molar-refractivity contribution in [1.82, 2.24) is 0 Å². The molecule has 1 saturated heterocycles. The molecule has 3 heteroatoms. The van der Waals surface area contributed by atoms with Crippen molar-refractivity contribution in [3.8, 4) is 0 Å². The lowest BCUT2D eigenvalue weighted by Gasteiger charge is -2.33. The van der Waals surface area contributed by atoms with Gasteiger partial charge in [-0.3, -0.25) is 0 Å². The van der Waals surface area contributed by atoms with E-state index in [-0.39, 0.29) is 0 Å². The van der Waals surface area contributed by atoms with Crippen LogP contribution in [0.2, 0.25) is 0 Å². The summed E-state index contributed by atoms with van der Waals surface area (Å²) in [7, 11) is 0. The molecule has 0 aliphatic carbocycles. The van der Waals surface area contributed by atoms with Crippen molar-refractivity contribution in [1.29, 1.82) is 0 Å². The zero-order valence-corrected chi connectivity index (χ0v) is 12.3. The lowest BCUT2D eigenvalue weighted by atomic mass is 9.95. The standard InChI is InChI=1S/C15H23NOS/c1-11(2)14-10-12(8-9-17-14)16-13-6-4-5-7-15(13)18-3/h4-7,11-12,14,16H,8-10H2,1-3H3. The quantitative estimate of drug-likeness (QED) is 0.831. The topological polar surface area (TPSA) is 21.3 Å². The third kappa shape index (κ3) is 3.42. The summed E-state index contributed by atoms with van der Waals surface area (Å²) in [6.45, 7) is 5.35. The maximum Gasteiger partial charge on any atom is 0.0617 e. The molecule has 1 aromatic carbocycles. The molecule has 2 nitrogen and oxygen atoms in total. The van der Waals surface area contributed by atoms with Gasteiger partial charge in [0.05, 0.1) is 6.10 Å². The predicted octanol–water partition coefficient (Wildman–Crippen LogP) is 4.02. The largest absolute Gasteiger partial charge is 0.381 e. The van der Waals surface area contributed by atoms with Crippen LogP contribution in [0.15, 0.2) is 29.2 Å². The zero-order valence-electron chi connectivity index (χ0n) is 11.5. The minimum absolute atomic E-state index is 0.401. The van der Waals surface area contributed by atoms with Gasteiger partial charge in [-0.15, -0.1) is 11.8 Å². The second-order valence-corrected chi connectivity index (χ2v) is 6.07. The van der Waals surface area contributed by atoms with Crippen LogP contribution in [0.1, 0.15) is 26.7 Å². The Kier molecular flexibility index (Phi) is 4.95.